The summed E-state index contributed by atoms with van der Waals surface area (Å²) in [4.78, 5) is 11.5. The number of ether oxygens (including phenoxy) is 1. The third-order valence-corrected chi connectivity index (χ3v) is 9.27. The number of rotatable bonds is 7. The van der Waals surface area contributed by atoms with Crippen molar-refractivity contribution in [1.82, 2.24) is 0 Å². The maximum absolute atomic E-state index is 11.5. The molecule has 22 heavy (non-hydrogen) atoms. The summed E-state index contributed by atoms with van der Waals surface area (Å²) in [5.41, 5.74) is 1.02. The molecule has 0 aliphatic heterocycles. The van der Waals surface area contributed by atoms with E-state index in [-0.39, 0.29) is 16.9 Å². The first-order chi connectivity index (χ1) is 10.1. The molecule has 2 atom stereocenters. The molecule has 0 bridgehead atoms. The minimum Gasteiger partial charge on any atom is -0.497 e. The number of methoxy groups -OCH3 is 1. The van der Waals surface area contributed by atoms with Crippen LogP contribution in [0.2, 0.25) is 18.1 Å². The van der Waals surface area contributed by atoms with Crippen LogP contribution in [0.5, 0.6) is 5.75 Å². The fourth-order valence-electron chi connectivity index (χ4n) is 2.03. The van der Waals surface area contributed by atoms with E-state index in [1.165, 1.54) is 0 Å². The van der Waals surface area contributed by atoms with Gasteiger partial charge in [0.05, 0.1) is 7.11 Å². The zero-order chi connectivity index (χ0) is 17.0. The largest absolute Gasteiger partial charge is 0.497 e. The lowest BCUT2D eigenvalue weighted by molar-refractivity contribution is -0.110. The van der Waals surface area contributed by atoms with Crippen molar-refractivity contribution in [2.45, 2.75) is 51.7 Å². The highest BCUT2D eigenvalue weighted by Gasteiger charge is 2.37. The molecule has 1 rings (SSSR count). The molecule has 0 radical (unpaired) electrons. The molecule has 1 aromatic rings. The van der Waals surface area contributed by atoms with Crippen molar-refractivity contribution in [3.05, 3.63) is 29.8 Å². The van der Waals surface area contributed by atoms with E-state index in [9.17, 15) is 4.79 Å². The van der Waals surface area contributed by atoms with Crippen LogP contribution >= 0.6 is 0 Å². The summed E-state index contributed by atoms with van der Waals surface area (Å²) in [6.07, 6.45) is 1.03. The van der Waals surface area contributed by atoms with Gasteiger partial charge in [-0.3, -0.25) is 0 Å². The second-order valence-corrected chi connectivity index (χ2v) is 12.3. The number of hydrogen-bond donors (Lipinski definition) is 0. The van der Waals surface area contributed by atoms with E-state index in [1.807, 2.05) is 24.3 Å². The molecule has 0 aliphatic carbocycles. The van der Waals surface area contributed by atoms with Crippen LogP contribution in [0, 0.1) is 5.92 Å². The third-order valence-electron chi connectivity index (χ3n) is 4.77. The highest BCUT2D eigenvalue weighted by Crippen LogP contribution is 2.37. The average Bonchev–Trinajstić information content (AvgIpc) is 2.45. The van der Waals surface area contributed by atoms with Gasteiger partial charge in [0.25, 0.3) is 0 Å². The van der Waals surface area contributed by atoms with E-state index in [0.29, 0.717) is 6.61 Å². The van der Waals surface area contributed by atoms with Crippen LogP contribution in [0.4, 0.5) is 0 Å². The molecule has 2 unspecified atom stereocenters. The quantitative estimate of drug-likeness (QED) is 0.542. The number of hydrogen-bond acceptors (Lipinski definition) is 3. The molecule has 0 N–H and O–H groups in total. The van der Waals surface area contributed by atoms with Crippen molar-refractivity contribution >= 4 is 14.6 Å². The van der Waals surface area contributed by atoms with E-state index in [0.717, 1.165) is 17.6 Å². The molecule has 0 spiro atoms. The molecular weight excluding hydrogens is 292 g/mol. The van der Waals surface area contributed by atoms with Crippen LogP contribution in [-0.2, 0) is 9.22 Å². The maximum Gasteiger partial charge on any atom is 0.191 e. The third kappa shape index (κ3) is 4.68. The second-order valence-electron chi connectivity index (χ2n) is 7.48. The minimum atomic E-state index is -1.78. The Hall–Kier alpha value is -1.13. The van der Waals surface area contributed by atoms with Crippen molar-refractivity contribution in [2.75, 3.05) is 13.7 Å². The van der Waals surface area contributed by atoms with Gasteiger partial charge in [-0.2, -0.15) is 0 Å². The Labute approximate surface area is 136 Å². The highest BCUT2D eigenvalue weighted by molar-refractivity contribution is 6.74. The molecule has 124 valence electrons. The summed E-state index contributed by atoms with van der Waals surface area (Å²) in [5.74, 6) is 0.814. The molecule has 4 heteroatoms. The van der Waals surface area contributed by atoms with Crippen molar-refractivity contribution in [1.29, 1.82) is 0 Å². The Morgan fingerprint density at radius 2 is 1.73 bits per heavy atom. The Bertz CT molecular complexity index is 474. The fourth-order valence-corrected chi connectivity index (χ4v) is 3.14. The van der Waals surface area contributed by atoms with Gasteiger partial charge in [0.1, 0.15) is 12.0 Å². The Morgan fingerprint density at radius 1 is 1.18 bits per heavy atom. The van der Waals surface area contributed by atoms with E-state index >= 15 is 0 Å². The summed E-state index contributed by atoms with van der Waals surface area (Å²) in [6, 6.07) is 7.71. The van der Waals surface area contributed by atoms with E-state index < -0.39 is 8.32 Å². The summed E-state index contributed by atoms with van der Waals surface area (Å²) in [7, 11) is -0.137. The zero-order valence-corrected chi connectivity index (χ0v) is 16.0. The first-order valence-electron chi connectivity index (χ1n) is 7.85. The lowest BCUT2D eigenvalue weighted by Gasteiger charge is -2.37. The molecule has 1 aromatic carbocycles. The van der Waals surface area contributed by atoms with Crippen LogP contribution in [0.15, 0.2) is 24.3 Å². The summed E-state index contributed by atoms with van der Waals surface area (Å²) in [6.45, 7) is 13.9. The van der Waals surface area contributed by atoms with Gasteiger partial charge in [-0.1, -0.05) is 39.8 Å². The summed E-state index contributed by atoms with van der Waals surface area (Å²) in [5, 5.41) is 0.184. The van der Waals surface area contributed by atoms with Crippen LogP contribution in [0.25, 0.3) is 0 Å². The molecule has 0 amide bonds. The summed E-state index contributed by atoms with van der Waals surface area (Å²) < 4.78 is 11.4. The minimum absolute atomic E-state index is 0.143. The molecule has 0 saturated heterocycles. The predicted octanol–water partition coefficient (Wildman–Crippen LogP) is 4.64. The molecule has 0 heterocycles. The number of carbonyl (C=O) groups excluding carboxylic acids is 1. The van der Waals surface area contributed by atoms with Crippen molar-refractivity contribution in [3.8, 4) is 5.75 Å². The first-order valence-corrected chi connectivity index (χ1v) is 10.8. The van der Waals surface area contributed by atoms with E-state index in [1.54, 1.807) is 7.11 Å². The van der Waals surface area contributed by atoms with Gasteiger partial charge in [0.2, 0.25) is 0 Å². The standard InChI is InChI=1S/C18H30O3Si/c1-14(13-21-22(6,7)18(2,3)4)17(12-19)15-8-10-16(20-5)11-9-15/h8-12,14,17H,13H2,1-7H3. The Morgan fingerprint density at radius 3 is 2.14 bits per heavy atom. The average molecular weight is 323 g/mol. The van der Waals surface area contributed by atoms with Gasteiger partial charge in [0.15, 0.2) is 8.32 Å². The highest BCUT2D eigenvalue weighted by atomic mass is 28.4. The van der Waals surface area contributed by atoms with Crippen LogP contribution in [0.3, 0.4) is 0 Å². The topological polar surface area (TPSA) is 35.5 Å². The molecule has 3 nitrogen and oxygen atoms in total. The van der Waals surface area contributed by atoms with Gasteiger partial charge < -0.3 is 14.0 Å². The normalized spacial score (nSPS) is 15.2. The number of benzene rings is 1. The van der Waals surface area contributed by atoms with Crippen LogP contribution in [0.1, 0.15) is 39.2 Å². The Balaban J connectivity index is 2.76. The van der Waals surface area contributed by atoms with Crippen molar-refractivity contribution in [2.24, 2.45) is 5.92 Å². The lowest BCUT2D eigenvalue weighted by Crippen LogP contribution is -2.42. The zero-order valence-electron chi connectivity index (χ0n) is 15.0. The van der Waals surface area contributed by atoms with Crippen LogP contribution < -0.4 is 4.74 Å². The maximum atomic E-state index is 11.5. The molecule has 0 fully saturated rings. The Kier molecular flexibility index (Phi) is 6.38. The number of carbonyl (C=O) groups is 1. The van der Waals surface area contributed by atoms with Crippen molar-refractivity contribution in [3.63, 3.8) is 0 Å². The lowest BCUT2D eigenvalue weighted by atomic mass is 9.89. The first kappa shape index (κ1) is 18.9. The van der Waals surface area contributed by atoms with Crippen LogP contribution in [-0.4, -0.2) is 28.3 Å². The van der Waals surface area contributed by atoms with E-state index in [4.69, 9.17) is 9.16 Å². The molecule has 0 aromatic heterocycles. The second kappa shape index (κ2) is 7.42. The van der Waals surface area contributed by atoms with Gasteiger partial charge in [-0.25, -0.2) is 0 Å². The SMILES string of the molecule is COc1ccc(C(C=O)C(C)CO[Si](C)(C)C(C)(C)C)cc1. The van der Waals surface area contributed by atoms with Gasteiger partial charge >= 0.3 is 0 Å². The predicted molar refractivity (Wildman–Crippen MR) is 94.1 cm³/mol. The fraction of sp³-hybridized carbons (Fsp3) is 0.611. The molecular formula is C18H30O3Si. The molecule has 0 aliphatic rings. The van der Waals surface area contributed by atoms with E-state index in [2.05, 4.69) is 40.8 Å². The molecule has 0 saturated carbocycles. The smallest absolute Gasteiger partial charge is 0.191 e. The summed E-state index contributed by atoms with van der Waals surface area (Å²) >= 11 is 0. The van der Waals surface area contributed by atoms with Gasteiger partial charge in [-0.05, 0) is 41.7 Å². The number of aldehydes is 1. The monoisotopic (exact) mass is 322 g/mol. The van der Waals surface area contributed by atoms with Gasteiger partial charge in [0, 0.05) is 12.5 Å². The van der Waals surface area contributed by atoms with Gasteiger partial charge in [-0.15, -0.1) is 0 Å². The van der Waals surface area contributed by atoms with Crippen molar-refractivity contribution < 1.29 is 14.0 Å².